The Balaban J connectivity index is 2.39. The molecule has 0 amide bonds. The van der Waals surface area contributed by atoms with Crippen molar-refractivity contribution in [2.24, 2.45) is 0 Å². The summed E-state index contributed by atoms with van der Waals surface area (Å²) in [5.74, 6) is 0.0726. The Labute approximate surface area is 127 Å². The molecule has 0 aliphatic rings. The van der Waals surface area contributed by atoms with E-state index in [-0.39, 0.29) is 18.0 Å². The third-order valence-corrected chi connectivity index (χ3v) is 3.74. The van der Waals surface area contributed by atoms with Crippen LogP contribution in [0, 0.1) is 10.1 Å². The monoisotopic (exact) mass is 358 g/mol. The van der Waals surface area contributed by atoms with Gasteiger partial charge in [-0.15, -0.1) is 11.3 Å². The van der Waals surface area contributed by atoms with Gasteiger partial charge in [0.2, 0.25) is 5.75 Å². The second-order valence-corrected chi connectivity index (χ2v) is 5.89. The minimum absolute atomic E-state index is 0.0726. The van der Waals surface area contributed by atoms with Crippen LogP contribution in [0.1, 0.15) is 23.6 Å². The topological polar surface area (TPSA) is 85.5 Å². The van der Waals surface area contributed by atoms with Gasteiger partial charge in [-0.1, -0.05) is 15.9 Å². The smallest absolute Gasteiger partial charge is 0.312 e. The summed E-state index contributed by atoms with van der Waals surface area (Å²) in [5.41, 5.74) is 0.175. The second-order valence-electron chi connectivity index (χ2n) is 3.99. The van der Waals surface area contributed by atoms with Crippen molar-refractivity contribution < 1.29 is 14.8 Å². The number of ether oxygens (including phenoxy) is 1. The fourth-order valence-electron chi connectivity index (χ4n) is 1.66. The molecule has 1 heterocycles. The number of benzene rings is 1. The Morgan fingerprint density at radius 2 is 2.35 bits per heavy atom. The summed E-state index contributed by atoms with van der Waals surface area (Å²) in [6.45, 7) is 1.65. The van der Waals surface area contributed by atoms with Crippen molar-refractivity contribution in [2.45, 2.75) is 19.6 Å². The largest absolute Gasteiger partial charge is 0.479 e. The summed E-state index contributed by atoms with van der Waals surface area (Å²) in [7, 11) is 0. The van der Waals surface area contributed by atoms with Crippen molar-refractivity contribution in [3.63, 3.8) is 0 Å². The van der Waals surface area contributed by atoms with Crippen LogP contribution >= 0.6 is 27.3 Å². The van der Waals surface area contributed by atoms with E-state index in [1.54, 1.807) is 17.6 Å². The van der Waals surface area contributed by atoms with E-state index in [1.807, 2.05) is 0 Å². The first-order valence-corrected chi connectivity index (χ1v) is 7.33. The number of aromatic nitrogens is 1. The van der Waals surface area contributed by atoms with Gasteiger partial charge in [-0.25, -0.2) is 4.98 Å². The van der Waals surface area contributed by atoms with Gasteiger partial charge < -0.3 is 9.84 Å². The van der Waals surface area contributed by atoms with Crippen LogP contribution in [0.15, 0.2) is 28.2 Å². The zero-order chi connectivity index (χ0) is 14.7. The van der Waals surface area contributed by atoms with Crippen molar-refractivity contribution in [1.29, 1.82) is 0 Å². The van der Waals surface area contributed by atoms with Gasteiger partial charge in [0.25, 0.3) is 0 Å². The first kappa shape index (κ1) is 14.9. The molecule has 106 valence electrons. The number of rotatable bonds is 5. The normalized spacial score (nSPS) is 12.2. The van der Waals surface area contributed by atoms with Crippen LogP contribution in [-0.4, -0.2) is 15.0 Å². The van der Waals surface area contributed by atoms with Gasteiger partial charge in [-0.2, -0.15) is 0 Å². The maximum Gasteiger partial charge on any atom is 0.312 e. The van der Waals surface area contributed by atoms with Gasteiger partial charge >= 0.3 is 5.69 Å². The van der Waals surface area contributed by atoms with E-state index >= 15 is 0 Å². The minimum atomic E-state index is -0.877. The number of aliphatic hydroxyl groups excluding tert-OH is 1. The van der Waals surface area contributed by atoms with Crippen LogP contribution < -0.4 is 4.74 Å². The molecule has 1 aromatic heterocycles. The highest BCUT2D eigenvalue weighted by Gasteiger charge is 2.23. The summed E-state index contributed by atoms with van der Waals surface area (Å²) in [6, 6.07) is 2.96. The van der Waals surface area contributed by atoms with E-state index in [4.69, 9.17) is 4.74 Å². The summed E-state index contributed by atoms with van der Waals surface area (Å²) < 4.78 is 6.03. The molecule has 0 aliphatic heterocycles. The van der Waals surface area contributed by atoms with Crippen LogP contribution in [0.5, 0.6) is 5.75 Å². The number of halogens is 1. The van der Waals surface area contributed by atoms with Gasteiger partial charge in [0, 0.05) is 27.7 Å². The molecule has 2 rings (SSSR count). The summed E-state index contributed by atoms with van der Waals surface area (Å²) in [5, 5.41) is 23.4. The molecule has 1 atom stereocenters. The molecule has 0 unspecified atom stereocenters. The molecule has 0 saturated carbocycles. The highest BCUT2D eigenvalue weighted by molar-refractivity contribution is 9.10. The van der Waals surface area contributed by atoms with Gasteiger partial charge in [0.15, 0.2) is 0 Å². The highest BCUT2D eigenvalue weighted by Crippen LogP contribution is 2.38. The van der Waals surface area contributed by atoms with Crippen molar-refractivity contribution in [1.82, 2.24) is 4.98 Å². The standard InChI is InChI=1S/C12H11BrN2O4S/c1-7(16)9-4-8(13)5-10(15(17)18)12(9)19-6-11-14-2-3-20-11/h2-5,7,16H,6H2,1H3/t7-/m1/s1. The van der Waals surface area contributed by atoms with Crippen LogP contribution in [-0.2, 0) is 6.61 Å². The quantitative estimate of drug-likeness (QED) is 0.653. The Bertz CT molecular complexity index is 616. The fraction of sp³-hybridized carbons (Fsp3) is 0.250. The third-order valence-electron chi connectivity index (χ3n) is 2.53. The Hall–Kier alpha value is -1.51. The third kappa shape index (κ3) is 3.33. The lowest BCUT2D eigenvalue weighted by Gasteiger charge is -2.13. The van der Waals surface area contributed by atoms with Crippen LogP contribution in [0.4, 0.5) is 5.69 Å². The first-order valence-electron chi connectivity index (χ1n) is 5.66. The molecule has 1 N–H and O–H groups in total. The molecule has 0 aliphatic carbocycles. The van der Waals surface area contributed by atoms with E-state index in [9.17, 15) is 15.2 Å². The highest BCUT2D eigenvalue weighted by atomic mass is 79.9. The molecule has 0 radical (unpaired) electrons. The lowest BCUT2D eigenvalue weighted by atomic mass is 10.1. The molecule has 1 aromatic carbocycles. The number of nitrogens with zero attached hydrogens (tertiary/aromatic N) is 2. The summed E-state index contributed by atoms with van der Waals surface area (Å²) in [6.07, 6.45) is 0.757. The Morgan fingerprint density at radius 3 is 2.90 bits per heavy atom. The molecule has 0 spiro atoms. The Morgan fingerprint density at radius 1 is 1.60 bits per heavy atom. The number of aliphatic hydroxyl groups is 1. The molecular formula is C12H11BrN2O4S. The van der Waals surface area contributed by atoms with E-state index in [0.717, 1.165) is 0 Å². The molecule has 0 fully saturated rings. The fourth-order valence-corrected chi connectivity index (χ4v) is 2.65. The van der Waals surface area contributed by atoms with Crippen LogP contribution in [0.25, 0.3) is 0 Å². The minimum Gasteiger partial charge on any atom is -0.479 e. The summed E-state index contributed by atoms with van der Waals surface area (Å²) in [4.78, 5) is 14.6. The molecular weight excluding hydrogens is 348 g/mol. The predicted molar refractivity (Wildman–Crippen MR) is 77.9 cm³/mol. The molecule has 6 nitrogen and oxygen atoms in total. The van der Waals surface area contributed by atoms with Gasteiger partial charge in [0.1, 0.15) is 11.6 Å². The average molecular weight is 359 g/mol. The maximum absolute atomic E-state index is 11.1. The molecule has 20 heavy (non-hydrogen) atoms. The van der Waals surface area contributed by atoms with Crippen molar-refractivity contribution >= 4 is 33.0 Å². The maximum atomic E-state index is 11.1. The number of hydrogen-bond acceptors (Lipinski definition) is 6. The SMILES string of the molecule is C[C@@H](O)c1cc(Br)cc([N+](=O)[O-])c1OCc1nccs1. The number of nitro benzene ring substituents is 1. The molecule has 8 heteroatoms. The van der Waals surface area contributed by atoms with Crippen molar-refractivity contribution in [3.05, 3.63) is 48.9 Å². The Kier molecular flexibility index (Phi) is 4.69. The van der Waals surface area contributed by atoms with Gasteiger partial charge in [0.05, 0.1) is 11.0 Å². The lowest BCUT2D eigenvalue weighted by molar-refractivity contribution is -0.386. The van der Waals surface area contributed by atoms with E-state index in [1.165, 1.54) is 24.3 Å². The van der Waals surface area contributed by atoms with Crippen molar-refractivity contribution in [2.75, 3.05) is 0 Å². The number of nitro groups is 1. The van der Waals surface area contributed by atoms with Gasteiger partial charge in [-0.3, -0.25) is 10.1 Å². The van der Waals surface area contributed by atoms with E-state index in [2.05, 4.69) is 20.9 Å². The van der Waals surface area contributed by atoms with Crippen LogP contribution in [0.2, 0.25) is 0 Å². The van der Waals surface area contributed by atoms with Crippen molar-refractivity contribution in [3.8, 4) is 5.75 Å². The summed E-state index contributed by atoms with van der Waals surface area (Å²) >= 11 is 4.59. The van der Waals surface area contributed by atoms with Crippen LogP contribution in [0.3, 0.4) is 0 Å². The first-order chi connectivity index (χ1) is 9.49. The number of thiazole rings is 1. The average Bonchev–Trinajstić information content (AvgIpc) is 2.89. The second kappa shape index (κ2) is 6.29. The zero-order valence-corrected chi connectivity index (χ0v) is 12.8. The molecule has 2 aromatic rings. The number of hydrogen-bond donors (Lipinski definition) is 1. The lowest BCUT2D eigenvalue weighted by Crippen LogP contribution is -2.04. The van der Waals surface area contributed by atoms with E-state index < -0.39 is 11.0 Å². The zero-order valence-electron chi connectivity index (χ0n) is 10.4. The predicted octanol–water partition coefficient (Wildman–Crippen LogP) is 3.45. The van der Waals surface area contributed by atoms with Gasteiger partial charge in [-0.05, 0) is 13.0 Å². The molecule has 0 saturated heterocycles. The molecule has 0 bridgehead atoms. The van der Waals surface area contributed by atoms with E-state index in [0.29, 0.717) is 15.0 Å².